The van der Waals surface area contributed by atoms with E-state index in [9.17, 15) is 9.59 Å². The van der Waals surface area contributed by atoms with Gasteiger partial charge in [-0.15, -0.1) is 12.4 Å². The van der Waals surface area contributed by atoms with Crippen LogP contribution in [0.1, 0.15) is 59.3 Å². The predicted molar refractivity (Wildman–Crippen MR) is 95.7 cm³/mol. The molecule has 1 unspecified atom stereocenters. The molecule has 23 heavy (non-hydrogen) atoms. The van der Waals surface area contributed by atoms with Crippen LogP contribution < -0.4 is 21.7 Å². The Kier molecular flexibility index (Phi) is 10.2. The van der Waals surface area contributed by atoms with Crippen molar-refractivity contribution in [2.45, 2.75) is 70.9 Å². The first-order valence-corrected chi connectivity index (χ1v) is 8.40. The summed E-state index contributed by atoms with van der Waals surface area (Å²) in [4.78, 5) is 23.8. The van der Waals surface area contributed by atoms with Crippen LogP contribution in [-0.2, 0) is 4.79 Å². The van der Waals surface area contributed by atoms with Gasteiger partial charge < -0.3 is 21.7 Å². The van der Waals surface area contributed by atoms with E-state index >= 15 is 0 Å². The average molecular weight is 349 g/mol. The van der Waals surface area contributed by atoms with Crippen LogP contribution in [0.3, 0.4) is 0 Å². The second-order valence-electron chi connectivity index (χ2n) is 7.07. The van der Waals surface area contributed by atoms with Crippen LogP contribution in [-0.4, -0.2) is 36.6 Å². The van der Waals surface area contributed by atoms with Gasteiger partial charge in [0.15, 0.2) is 0 Å². The van der Waals surface area contributed by atoms with E-state index in [1.165, 1.54) is 6.42 Å². The zero-order chi connectivity index (χ0) is 16.6. The number of nitrogens with two attached hydrogens (primary N) is 1. The summed E-state index contributed by atoms with van der Waals surface area (Å²) in [6.07, 6.45) is 6.43. The molecular formula is C16H33ClN4O2. The van der Waals surface area contributed by atoms with Gasteiger partial charge in [-0.1, -0.05) is 33.1 Å². The van der Waals surface area contributed by atoms with E-state index in [0.29, 0.717) is 12.5 Å². The maximum Gasteiger partial charge on any atom is 0.315 e. The lowest BCUT2D eigenvalue weighted by molar-refractivity contribution is -0.121. The predicted octanol–water partition coefficient (Wildman–Crippen LogP) is 1.92. The lowest BCUT2D eigenvalue weighted by Gasteiger charge is -2.31. The molecule has 0 radical (unpaired) electrons. The maximum absolute atomic E-state index is 12.0. The quantitative estimate of drug-likeness (QED) is 0.566. The molecule has 5 N–H and O–H groups in total. The number of amides is 3. The summed E-state index contributed by atoms with van der Waals surface area (Å²) in [7, 11) is 0. The standard InChI is InChI=1S/C16H32N4O2.ClH/c1-12(2)9-16(3,11-17)20-14(21)10-18-15(22)19-13-7-5-4-6-8-13;/h12-13H,4-11,17H2,1-3H3,(H,20,21)(H2,18,19,22);1H. The van der Waals surface area contributed by atoms with E-state index in [1.54, 1.807) is 0 Å². The van der Waals surface area contributed by atoms with Crippen LogP contribution in [0, 0.1) is 5.92 Å². The third kappa shape index (κ3) is 9.01. The summed E-state index contributed by atoms with van der Waals surface area (Å²) in [5, 5.41) is 8.48. The summed E-state index contributed by atoms with van der Waals surface area (Å²) in [5.41, 5.74) is 5.35. The van der Waals surface area contributed by atoms with Crippen LogP contribution in [0.2, 0.25) is 0 Å². The Morgan fingerprint density at radius 1 is 1.22 bits per heavy atom. The fraction of sp³-hybridized carbons (Fsp3) is 0.875. The molecule has 0 aromatic rings. The van der Waals surface area contributed by atoms with Gasteiger partial charge >= 0.3 is 6.03 Å². The number of carbonyl (C=O) groups is 2. The van der Waals surface area contributed by atoms with Gasteiger partial charge in [0, 0.05) is 18.1 Å². The number of carbonyl (C=O) groups excluding carboxylic acids is 2. The van der Waals surface area contributed by atoms with Crippen molar-refractivity contribution in [1.29, 1.82) is 0 Å². The minimum atomic E-state index is -0.424. The molecule has 0 spiro atoms. The Labute approximate surface area is 146 Å². The smallest absolute Gasteiger partial charge is 0.315 e. The molecule has 136 valence electrons. The van der Waals surface area contributed by atoms with Crippen LogP contribution in [0.4, 0.5) is 4.79 Å². The molecule has 0 aliphatic heterocycles. The molecule has 0 heterocycles. The van der Waals surface area contributed by atoms with Crippen molar-refractivity contribution in [1.82, 2.24) is 16.0 Å². The van der Waals surface area contributed by atoms with Gasteiger partial charge in [0.25, 0.3) is 0 Å². The third-order valence-corrected chi connectivity index (χ3v) is 4.10. The van der Waals surface area contributed by atoms with Crippen molar-refractivity contribution < 1.29 is 9.59 Å². The molecule has 1 aliphatic carbocycles. The number of hydrogen-bond donors (Lipinski definition) is 4. The normalized spacial score (nSPS) is 17.8. The number of nitrogens with one attached hydrogen (secondary N) is 3. The zero-order valence-electron chi connectivity index (χ0n) is 14.6. The lowest BCUT2D eigenvalue weighted by atomic mass is 9.91. The van der Waals surface area contributed by atoms with E-state index in [0.717, 1.165) is 32.1 Å². The highest BCUT2D eigenvalue weighted by atomic mass is 35.5. The van der Waals surface area contributed by atoms with E-state index < -0.39 is 5.54 Å². The highest BCUT2D eigenvalue weighted by molar-refractivity contribution is 5.85. The molecule has 3 amide bonds. The fourth-order valence-electron chi connectivity index (χ4n) is 3.11. The van der Waals surface area contributed by atoms with Crippen molar-refractivity contribution in [3.8, 4) is 0 Å². The molecule has 6 nitrogen and oxygen atoms in total. The van der Waals surface area contributed by atoms with Gasteiger partial charge in [0.1, 0.15) is 0 Å². The first-order valence-electron chi connectivity index (χ1n) is 8.40. The summed E-state index contributed by atoms with van der Waals surface area (Å²) in [6, 6.07) is -0.0209. The Morgan fingerprint density at radius 2 is 1.83 bits per heavy atom. The fourth-order valence-corrected chi connectivity index (χ4v) is 3.11. The minimum absolute atomic E-state index is 0. The summed E-state index contributed by atoms with van der Waals surface area (Å²) >= 11 is 0. The highest BCUT2D eigenvalue weighted by Crippen LogP contribution is 2.17. The Balaban J connectivity index is 0.00000484. The molecule has 1 fully saturated rings. The van der Waals surface area contributed by atoms with Gasteiger partial charge in [0.2, 0.25) is 5.91 Å². The van der Waals surface area contributed by atoms with Crippen molar-refractivity contribution in [3.05, 3.63) is 0 Å². The van der Waals surface area contributed by atoms with E-state index in [4.69, 9.17) is 5.73 Å². The van der Waals surface area contributed by atoms with Gasteiger partial charge in [-0.2, -0.15) is 0 Å². The Bertz CT molecular complexity index is 373. The van der Waals surface area contributed by atoms with Gasteiger partial charge in [-0.25, -0.2) is 4.79 Å². The average Bonchev–Trinajstić information content (AvgIpc) is 2.45. The topological polar surface area (TPSA) is 96.2 Å². The number of rotatable bonds is 7. The molecule has 0 saturated heterocycles. The zero-order valence-corrected chi connectivity index (χ0v) is 15.4. The van der Waals surface area contributed by atoms with Crippen LogP contribution >= 0.6 is 12.4 Å². The van der Waals surface area contributed by atoms with Gasteiger partial charge in [0.05, 0.1) is 6.54 Å². The molecule has 1 aliphatic rings. The Hall–Kier alpha value is -1.01. The lowest BCUT2D eigenvalue weighted by Crippen LogP contribution is -2.55. The van der Waals surface area contributed by atoms with Crippen LogP contribution in [0.25, 0.3) is 0 Å². The SMILES string of the molecule is CC(C)CC(C)(CN)NC(=O)CNC(=O)NC1CCCCC1.Cl. The van der Waals surface area contributed by atoms with Crippen molar-refractivity contribution >= 4 is 24.3 Å². The first-order chi connectivity index (χ1) is 10.3. The third-order valence-electron chi connectivity index (χ3n) is 4.10. The first kappa shape index (κ1) is 22.0. The molecule has 0 aromatic heterocycles. The second-order valence-corrected chi connectivity index (χ2v) is 7.07. The summed E-state index contributed by atoms with van der Waals surface area (Å²) < 4.78 is 0. The largest absolute Gasteiger partial charge is 0.348 e. The van der Waals surface area contributed by atoms with Crippen molar-refractivity contribution in [2.75, 3.05) is 13.1 Å². The molecule has 0 bridgehead atoms. The molecular weight excluding hydrogens is 316 g/mol. The maximum atomic E-state index is 12.0. The number of hydrogen-bond acceptors (Lipinski definition) is 3. The molecule has 1 atom stereocenters. The minimum Gasteiger partial charge on any atom is -0.348 e. The van der Waals surface area contributed by atoms with Crippen molar-refractivity contribution in [2.24, 2.45) is 11.7 Å². The van der Waals surface area contributed by atoms with E-state index in [1.807, 2.05) is 6.92 Å². The van der Waals surface area contributed by atoms with Crippen LogP contribution in [0.5, 0.6) is 0 Å². The van der Waals surface area contributed by atoms with Gasteiger partial charge in [-0.3, -0.25) is 4.79 Å². The van der Waals surface area contributed by atoms with Crippen LogP contribution in [0.15, 0.2) is 0 Å². The summed E-state index contributed by atoms with van der Waals surface area (Å²) in [5.74, 6) is 0.240. The molecule has 0 aromatic carbocycles. The Morgan fingerprint density at radius 3 is 2.35 bits per heavy atom. The second kappa shape index (κ2) is 10.7. The van der Waals surface area contributed by atoms with E-state index in [2.05, 4.69) is 29.8 Å². The molecule has 1 rings (SSSR count). The van der Waals surface area contributed by atoms with Crippen molar-refractivity contribution in [3.63, 3.8) is 0 Å². The molecule has 7 heteroatoms. The van der Waals surface area contributed by atoms with Gasteiger partial charge in [-0.05, 0) is 32.1 Å². The monoisotopic (exact) mass is 348 g/mol. The molecule has 1 saturated carbocycles. The highest BCUT2D eigenvalue weighted by Gasteiger charge is 2.26. The number of urea groups is 1. The summed E-state index contributed by atoms with van der Waals surface area (Å²) in [6.45, 7) is 6.48. The number of halogens is 1. The van der Waals surface area contributed by atoms with E-state index in [-0.39, 0.29) is 36.9 Å².